The van der Waals surface area contributed by atoms with Crippen molar-refractivity contribution in [3.8, 4) is 34.5 Å². The Morgan fingerprint density at radius 1 is 0.306 bits per heavy atom. The Kier molecular flexibility index (Phi) is 8.14. The Morgan fingerprint density at radius 2 is 0.444 bits per heavy atom. The smallest absolute Gasteiger partial charge is 0.161 e. The lowest BCUT2D eigenvalue weighted by atomic mass is 9.93. The number of fused-ring (bicyclic) bond motifs is 6. The maximum Gasteiger partial charge on any atom is 0.161 e. The van der Waals surface area contributed by atoms with Crippen LogP contribution in [-0.2, 0) is 0 Å². The highest BCUT2D eigenvalue weighted by Gasteiger charge is 2.19. The number of rotatable bonds is 12. The van der Waals surface area contributed by atoms with E-state index in [4.69, 9.17) is 28.4 Å². The SMILES string of the molecule is CCOc1cc2c3cc(OCC)c(OCC)cc3c3cc(OCC)c(OCC)cc3c2cc1OCC. The van der Waals surface area contributed by atoms with Crippen molar-refractivity contribution in [2.45, 2.75) is 41.5 Å². The molecule has 0 spiro atoms. The second-order valence-electron chi connectivity index (χ2n) is 8.13. The number of hydrogen-bond donors (Lipinski definition) is 0. The first-order valence-corrected chi connectivity index (χ1v) is 12.9. The van der Waals surface area contributed by atoms with E-state index in [1.807, 2.05) is 41.5 Å². The van der Waals surface area contributed by atoms with Crippen molar-refractivity contribution in [1.29, 1.82) is 0 Å². The monoisotopic (exact) mass is 492 g/mol. The van der Waals surface area contributed by atoms with E-state index in [2.05, 4.69) is 36.4 Å². The van der Waals surface area contributed by atoms with Gasteiger partial charge >= 0.3 is 0 Å². The van der Waals surface area contributed by atoms with Crippen LogP contribution >= 0.6 is 0 Å². The van der Waals surface area contributed by atoms with Gasteiger partial charge in [-0.1, -0.05) is 0 Å². The van der Waals surface area contributed by atoms with E-state index >= 15 is 0 Å². The third kappa shape index (κ3) is 4.77. The van der Waals surface area contributed by atoms with Gasteiger partial charge in [0.15, 0.2) is 34.5 Å². The van der Waals surface area contributed by atoms with Gasteiger partial charge < -0.3 is 28.4 Å². The van der Waals surface area contributed by atoms with Crippen LogP contribution in [0.25, 0.3) is 32.3 Å². The Labute approximate surface area is 213 Å². The molecule has 0 saturated carbocycles. The molecule has 0 aliphatic rings. The molecular weight excluding hydrogens is 456 g/mol. The topological polar surface area (TPSA) is 55.4 Å². The summed E-state index contributed by atoms with van der Waals surface area (Å²) in [6, 6.07) is 12.4. The molecule has 0 saturated heterocycles. The van der Waals surface area contributed by atoms with Gasteiger partial charge in [0.25, 0.3) is 0 Å². The molecule has 0 unspecified atom stereocenters. The van der Waals surface area contributed by atoms with Gasteiger partial charge in [0.05, 0.1) is 39.6 Å². The molecule has 0 fully saturated rings. The predicted molar refractivity (Wildman–Crippen MR) is 146 cm³/mol. The molecule has 0 aliphatic carbocycles. The zero-order chi connectivity index (χ0) is 25.7. The summed E-state index contributed by atoms with van der Waals surface area (Å²) in [5, 5.41) is 6.25. The van der Waals surface area contributed by atoms with Crippen LogP contribution in [-0.4, -0.2) is 39.6 Å². The quantitative estimate of drug-likeness (QED) is 0.190. The minimum Gasteiger partial charge on any atom is -0.490 e. The zero-order valence-electron chi connectivity index (χ0n) is 22.2. The van der Waals surface area contributed by atoms with Gasteiger partial charge in [-0.15, -0.1) is 0 Å². The lowest BCUT2D eigenvalue weighted by molar-refractivity contribution is 0.288. The fraction of sp³-hybridized carbons (Fsp3) is 0.400. The highest BCUT2D eigenvalue weighted by Crippen LogP contribution is 2.47. The molecule has 0 aromatic heterocycles. The highest BCUT2D eigenvalue weighted by molar-refractivity contribution is 6.26. The Hall–Kier alpha value is -3.54. The fourth-order valence-corrected chi connectivity index (χ4v) is 4.63. The average molecular weight is 493 g/mol. The zero-order valence-corrected chi connectivity index (χ0v) is 22.2. The molecule has 4 rings (SSSR count). The summed E-state index contributed by atoms with van der Waals surface area (Å²) in [6.07, 6.45) is 0. The molecule has 0 amide bonds. The lowest BCUT2D eigenvalue weighted by Gasteiger charge is -2.19. The van der Waals surface area contributed by atoms with Crippen molar-refractivity contribution in [2.75, 3.05) is 39.6 Å². The van der Waals surface area contributed by atoms with E-state index in [9.17, 15) is 0 Å². The van der Waals surface area contributed by atoms with Gasteiger partial charge in [-0.25, -0.2) is 0 Å². The van der Waals surface area contributed by atoms with Crippen LogP contribution in [0, 0.1) is 0 Å². The molecule has 6 heteroatoms. The second-order valence-corrected chi connectivity index (χ2v) is 8.13. The molecule has 4 aromatic rings. The van der Waals surface area contributed by atoms with Gasteiger partial charge in [0.2, 0.25) is 0 Å². The number of hydrogen-bond acceptors (Lipinski definition) is 6. The Balaban J connectivity index is 2.20. The maximum atomic E-state index is 5.99. The van der Waals surface area contributed by atoms with Crippen LogP contribution in [0.1, 0.15) is 41.5 Å². The van der Waals surface area contributed by atoms with Crippen LogP contribution in [0.3, 0.4) is 0 Å². The largest absolute Gasteiger partial charge is 0.490 e. The van der Waals surface area contributed by atoms with Crippen molar-refractivity contribution >= 4 is 32.3 Å². The summed E-state index contributed by atoms with van der Waals surface area (Å²) in [4.78, 5) is 0. The predicted octanol–water partition coefficient (Wildman–Crippen LogP) is 7.54. The van der Waals surface area contributed by atoms with Gasteiger partial charge in [0.1, 0.15) is 0 Å². The first-order chi connectivity index (χ1) is 17.6. The first kappa shape index (κ1) is 25.5. The summed E-state index contributed by atoms with van der Waals surface area (Å²) < 4.78 is 35.9. The first-order valence-electron chi connectivity index (χ1n) is 12.9. The lowest BCUT2D eigenvalue weighted by Crippen LogP contribution is -2.01. The van der Waals surface area contributed by atoms with E-state index in [0.29, 0.717) is 39.6 Å². The Morgan fingerprint density at radius 3 is 0.556 bits per heavy atom. The summed E-state index contributed by atoms with van der Waals surface area (Å²) in [7, 11) is 0. The number of benzene rings is 4. The van der Waals surface area contributed by atoms with Crippen LogP contribution in [0.2, 0.25) is 0 Å². The average Bonchev–Trinajstić information content (AvgIpc) is 2.87. The molecule has 192 valence electrons. The molecule has 0 N–H and O–H groups in total. The molecule has 6 nitrogen and oxygen atoms in total. The molecule has 4 aromatic carbocycles. The van der Waals surface area contributed by atoms with Crippen LogP contribution in [0.4, 0.5) is 0 Å². The number of ether oxygens (including phenoxy) is 6. The van der Waals surface area contributed by atoms with Crippen molar-refractivity contribution in [3.05, 3.63) is 36.4 Å². The minimum absolute atomic E-state index is 0.544. The summed E-state index contributed by atoms with van der Waals surface area (Å²) in [5.74, 6) is 4.31. The Bertz CT molecular complexity index is 1060. The summed E-state index contributed by atoms with van der Waals surface area (Å²) >= 11 is 0. The van der Waals surface area contributed by atoms with E-state index in [1.54, 1.807) is 0 Å². The molecule has 36 heavy (non-hydrogen) atoms. The molecule has 0 bridgehead atoms. The van der Waals surface area contributed by atoms with Gasteiger partial charge in [-0.3, -0.25) is 0 Å². The van der Waals surface area contributed by atoms with Crippen molar-refractivity contribution in [2.24, 2.45) is 0 Å². The third-order valence-corrected chi connectivity index (χ3v) is 5.92. The minimum atomic E-state index is 0.544. The van der Waals surface area contributed by atoms with Gasteiger partial charge in [0, 0.05) is 0 Å². The van der Waals surface area contributed by atoms with E-state index in [1.165, 1.54) is 0 Å². The third-order valence-electron chi connectivity index (χ3n) is 5.92. The second kappa shape index (κ2) is 11.5. The molecule has 0 radical (unpaired) electrons. The van der Waals surface area contributed by atoms with Crippen molar-refractivity contribution in [1.82, 2.24) is 0 Å². The highest BCUT2D eigenvalue weighted by atomic mass is 16.5. The normalized spacial score (nSPS) is 11.2. The molecule has 0 aliphatic heterocycles. The van der Waals surface area contributed by atoms with E-state index in [0.717, 1.165) is 66.8 Å². The van der Waals surface area contributed by atoms with Crippen molar-refractivity contribution in [3.63, 3.8) is 0 Å². The van der Waals surface area contributed by atoms with Gasteiger partial charge in [-0.05, 0) is 110 Å². The van der Waals surface area contributed by atoms with Gasteiger partial charge in [-0.2, -0.15) is 0 Å². The molecule has 0 atom stereocenters. The van der Waals surface area contributed by atoms with Crippen LogP contribution < -0.4 is 28.4 Å². The molecular formula is C30H36O6. The van der Waals surface area contributed by atoms with E-state index in [-0.39, 0.29) is 0 Å². The van der Waals surface area contributed by atoms with E-state index < -0.39 is 0 Å². The van der Waals surface area contributed by atoms with Crippen LogP contribution in [0.5, 0.6) is 34.5 Å². The van der Waals surface area contributed by atoms with Crippen molar-refractivity contribution < 1.29 is 28.4 Å². The summed E-state index contributed by atoms with van der Waals surface area (Å²) in [6.45, 7) is 15.1. The standard InChI is InChI=1S/C30H36O6/c1-7-31-25-13-19-20(14-26(25)32-8-2)22-16-28(34-10-4)30(36-12-6)18-24(22)23-17-29(35-11-5)27(33-9-3)15-21(19)23/h13-18H,7-12H2,1-6H3. The molecule has 0 heterocycles. The van der Waals surface area contributed by atoms with Crippen LogP contribution in [0.15, 0.2) is 36.4 Å². The summed E-state index contributed by atoms with van der Waals surface area (Å²) in [5.41, 5.74) is 0. The maximum absolute atomic E-state index is 5.99. The fourth-order valence-electron chi connectivity index (χ4n) is 4.63.